The Balaban J connectivity index is 0.911. The van der Waals surface area contributed by atoms with Gasteiger partial charge in [-0.15, -0.1) is 0 Å². The summed E-state index contributed by atoms with van der Waals surface area (Å²) in [5.74, 6) is 0.794. The van der Waals surface area contributed by atoms with Crippen LogP contribution in [0.15, 0.2) is 79.1 Å². The molecule has 3 fully saturated rings. The highest BCUT2D eigenvalue weighted by Crippen LogP contribution is 2.44. The number of carbonyl (C=O) groups excluding carboxylic acids is 2. The van der Waals surface area contributed by atoms with E-state index in [0.29, 0.717) is 56.0 Å². The minimum absolute atomic E-state index is 0.0104. The Kier molecular flexibility index (Phi) is 9.24. The van der Waals surface area contributed by atoms with Crippen LogP contribution in [0.1, 0.15) is 35.2 Å². The normalized spacial score (nSPS) is 18.1. The largest absolute Gasteiger partial charge is 0.496 e. The molecule has 1 aromatic heterocycles. The molecule has 262 valence electrons. The first kappa shape index (κ1) is 33.6. The number of amides is 2. The van der Waals surface area contributed by atoms with Gasteiger partial charge in [0.1, 0.15) is 5.75 Å². The number of methoxy groups -OCH3 is 1. The number of rotatable bonds is 9. The summed E-state index contributed by atoms with van der Waals surface area (Å²) in [6.07, 6.45) is 5.59. The van der Waals surface area contributed by atoms with E-state index in [-0.39, 0.29) is 11.8 Å². The summed E-state index contributed by atoms with van der Waals surface area (Å²) in [5.41, 5.74) is 5.16. The first-order valence-electron chi connectivity index (χ1n) is 16.8. The average Bonchev–Trinajstić information content (AvgIpc) is 3.77. The Morgan fingerprint density at radius 1 is 0.940 bits per heavy atom. The maximum absolute atomic E-state index is 13.8. The summed E-state index contributed by atoms with van der Waals surface area (Å²) in [6.45, 7) is 5.67. The third-order valence-corrected chi connectivity index (χ3v) is 10.8. The molecule has 14 heteroatoms. The zero-order valence-corrected chi connectivity index (χ0v) is 28.7. The van der Waals surface area contributed by atoms with Gasteiger partial charge in [0.25, 0.3) is 5.91 Å². The van der Waals surface area contributed by atoms with E-state index in [9.17, 15) is 18.0 Å². The number of carbonyl (C=O) groups is 2. The number of aromatic amines is 1. The summed E-state index contributed by atoms with van der Waals surface area (Å²) in [7, 11) is -2.69. The molecule has 0 aliphatic carbocycles. The molecule has 0 bridgehead atoms. The number of aromatic nitrogens is 2. The van der Waals surface area contributed by atoms with Crippen molar-refractivity contribution in [2.24, 2.45) is 5.41 Å². The second-order valence-electron chi connectivity index (χ2n) is 13.2. The molecule has 1 spiro atoms. The molecule has 13 nitrogen and oxygen atoms in total. The predicted molar refractivity (Wildman–Crippen MR) is 191 cm³/mol. The monoisotopic (exact) mass is 699 g/mol. The van der Waals surface area contributed by atoms with Gasteiger partial charge < -0.3 is 19.4 Å². The van der Waals surface area contributed by atoms with E-state index in [4.69, 9.17) is 9.29 Å². The van der Waals surface area contributed by atoms with Crippen LogP contribution in [-0.2, 0) is 21.6 Å². The third kappa shape index (κ3) is 7.04. The van der Waals surface area contributed by atoms with Gasteiger partial charge in [-0.3, -0.25) is 28.9 Å². The first-order valence-corrected chi connectivity index (χ1v) is 18.2. The number of piperidine rings is 1. The van der Waals surface area contributed by atoms with Crippen LogP contribution >= 0.6 is 0 Å². The van der Waals surface area contributed by atoms with Crippen LogP contribution in [-0.4, -0.2) is 97.7 Å². The van der Waals surface area contributed by atoms with Crippen molar-refractivity contribution in [3.63, 3.8) is 0 Å². The lowest BCUT2D eigenvalue weighted by atomic mass is 9.77. The molecule has 3 aliphatic heterocycles. The number of hydrogen-bond donors (Lipinski definition) is 3. The van der Waals surface area contributed by atoms with E-state index < -0.39 is 15.7 Å². The molecule has 3 saturated heterocycles. The second-order valence-corrected chi connectivity index (χ2v) is 14.4. The van der Waals surface area contributed by atoms with E-state index in [1.807, 2.05) is 64.5 Å². The number of ether oxygens (including phenoxy) is 1. The Morgan fingerprint density at radius 2 is 1.66 bits per heavy atom. The van der Waals surface area contributed by atoms with Gasteiger partial charge in [0.05, 0.1) is 24.4 Å². The number of benzene rings is 3. The average molecular weight is 700 g/mol. The molecule has 0 atom stereocenters. The SMILES string of the molecule is COc1cc(N2CCC3(CCN(C(=O)c4ccc(N5CCN(Cc6cccc(NS(=O)(=O)O)c6)CC5)cc4)CC3)C2=O)ccc1-c1cn[nH]c1. The van der Waals surface area contributed by atoms with Crippen molar-refractivity contribution >= 4 is 39.2 Å². The van der Waals surface area contributed by atoms with E-state index in [1.165, 1.54) is 0 Å². The van der Waals surface area contributed by atoms with Gasteiger partial charge in [-0.05, 0) is 73.4 Å². The fraction of sp³-hybridized carbons (Fsp3) is 0.361. The minimum atomic E-state index is -4.32. The van der Waals surface area contributed by atoms with E-state index in [0.717, 1.165) is 60.7 Å². The quantitative estimate of drug-likeness (QED) is 0.218. The molecular formula is C36H41N7O6S. The second kappa shape index (κ2) is 13.8. The fourth-order valence-electron chi connectivity index (χ4n) is 7.45. The summed E-state index contributed by atoms with van der Waals surface area (Å²) >= 11 is 0. The number of nitrogens with zero attached hydrogens (tertiary/aromatic N) is 5. The molecule has 7 rings (SSSR count). The lowest BCUT2D eigenvalue weighted by molar-refractivity contribution is -0.127. The van der Waals surface area contributed by atoms with Gasteiger partial charge in [-0.2, -0.15) is 13.5 Å². The van der Waals surface area contributed by atoms with Crippen LogP contribution in [0.3, 0.4) is 0 Å². The van der Waals surface area contributed by atoms with Gasteiger partial charge in [0, 0.05) is 92.7 Å². The summed E-state index contributed by atoms with van der Waals surface area (Å²) in [4.78, 5) is 35.7. The van der Waals surface area contributed by atoms with Gasteiger partial charge in [-0.1, -0.05) is 12.1 Å². The number of hydrogen-bond acceptors (Lipinski definition) is 8. The highest BCUT2D eigenvalue weighted by Gasteiger charge is 2.49. The highest BCUT2D eigenvalue weighted by molar-refractivity contribution is 7.87. The van der Waals surface area contributed by atoms with Crippen molar-refractivity contribution in [3.8, 4) is 16.9 Å². The van der Waals surface area contributed by atoms with Gasteiger partial charge >= 0.3 is 10.3 Å². The van der Waals surface area contributed by atoms with Crippen molar-refractivity contribution in [1.82, 2.24) is 20.0 Å². The molecule has 3 aliphatic rings. The van der Waals surface area contributed by atoms with Gasteiger partial charge in [-0.25, -0.2) is 0 Å². The van der Waals surface area contributed by atoms with E-state index >= 15 is 0 Å². The molecule has 0 radical (unpaired) electrons. The number of H-pyrrole nitrogens is 1. The van der Waals surface area contributed by atoms with Crippen LogP contribution < -0.4 is 19.3 Å². The lowest BCUT2D eigenvalue weighted by Crippen LogP contribution is -2.46. The first-order chi connectivity index (χ1) is 24.1. The van der Waals surface area contributed by atoms with E-state index in [2.05, 4.69) is 24.7 Å². The highest BCUT2D eigenvalue weighted by atomic mass is 32.2. The fourth-order valence-corrected chi connectivity index (χ4v) is 7.88. The summed E-state index contributed by atoms with van der Waals surface area (Å²) < 4.78 is 39.1. The molecule has 2 amide bonds. The zero-order chi connectivity index (χ0) is 34.9. The van der Waals surface area contributed by atoms with E-state index in [1.54, 1.807) is 31.5 Å². The summed E-state index contributed by atoms with van der Waals surface area (Å²) in [5, 5.41) is 6.86. The third-order valence-electron chi connectivity index (χ3n) is 10.3. The van der Waals surface area contributed by atoms with Crippen LogP contribution in [0, 0.1) is 5.41 Å². The number of anilines is 3. The van der Waals surface area contributed by atoms with Crippen LogP contribution in [0.5, 0.6) is 5.75 Å². The maximum Gasteiger partial charge on any atom is 0.357 e. The summed E-state index contributed by atoms with van der Waals surface area (Å²) in [6, 6.07) is 20.6. The Labute approximate surface area is 291 Å². The molecule has 50 heavy (non-hydrogen) atoms. The van der Waals surface area contributed by atoms with Crippen LogP contribution in [0.25, 0.3) is 11.1 Å². The number of likely N-dealkylation sites (tertiary alicyclic amines) is 1. The minimum Gasteiger partial charge on any atom is -0.496 e. The zero-order valence-electron chi connectivity index (χ0n) is 27.9. The molecule has 3 N–H and O–H groups in total. The lowest BCUT2D eigenvalue weighted by Gasteiger charge is -2.38. The standard InChI is InChI=1S/C36H41N7O6S/c1-49-33-22-31(9-10-32(33)28-23-37-38-24-28)43-16-13-36(35(43)45)11-14-42(15-12-36)34(44)27-5-7-30(8-6-27)41-19-17-40(18-20-41)25-26-3-2-4-29(21-26)39-50(46,47)48/h2-10,21-24,39H,11-20,25H2,1H3,(H,37,38)(H,46,47,48). The Bertz CT molecular complexity index is 1950. The van der Waals surface area contributed by atoms with Crippen molar-refractivity contribution in [1.29, 1.82) is 0 Å². The van der Waals surface area contributed by atoms with Crippen molar-refractivity contribution in [3.05, 3.63) is 90.3 Å². The van der Waals surface area contributed by atoms with Gasteiger partial charge in [0.2, 0.25) is 5.91 Å². The number of piperazine rings is 1. The van der Waals surface area contributed by atoms with Gasteiger partial charge in [0.15, 0.2) is 0 Å². The topological polar surface area (TPSA) is 151 Å². The van der Waals surface area contributed by atoms with Crippen LogP contribution in [0.4, 0.5) is 17.1 Å². The smallest absolute Gasteiger partial charge is 0.357 e. The van der Waals surface area contributed by atoms with Crippen molar-refractivity contribution < 1.29 is 27.3 Å². The Hall–Kier alpha value is -4.92. The van der Waals surface area contributed by atoms with Crippen molar-refractivity contribution in [2.75, 3.05) is 67.4 Å². The van der Waals surface area contributed by atoms with Crippen molar-refractivity contribution in [2.45, 2.75) is 25.8 Å². The Morgan fingerprint density at radius 3 is 2.34 bits per heavy atom. The van der Waals surface area contributed by atoms with Crippen LogP contribution in [0.2, 0.25) is 0 Å². The molecule has 0 saturated carbocycles. The molecule has 3 aromatic carbocycles. The predicted octanol–water partition coefficient (Wildman–Crippen LogP) is 4.28. The number of nitrogens with one attached hydrogen (secondary N) is 2. The molecular weight excluding hydrogens is 659 g/mol. The molecule has 0 unspecified atom stereocenters. The molecule has 4 heterocycles. The maximum atomic E-state index is 13.8. The molecule has 4 aromatic rings.